The molecule has 96 valence electrons. The van der Waals surface area contributed by atoms with Crippen LogP contribution in [-0.2, 0) is 10.5 Å². The molecule has 0 spiro atoms. The quantitative estimate of drug-likeness (QED) is 0.827. The normalized spacial score (nSPS) is 12.5. The Morgan fingerprint density at radius 2 is 2.50 bits per heavy atom. The van der Waals surface area contributed by atoms with E-state index in [1.54, 1.807) is 11.3 Å². The van der Waals surface area contributed by atoms with E-state index in [-0.39, 0.29) is 0 Å². The largest absolute Gasteiger partial charge is 0.480 e. The molecule has 2 aromatic heterocycles. The lowest BCUT2D eigenvalue weighted by Gasteiger charge is -2.03. The summed E-state index contributed by atoms with van der Waals surface area (Å²) in [6, 6.07) is 1.04. The summed E-state index contributed by atoms with van der Waals surface area (Å²) in [4.78, 5) is 14.7. The number of hydrogen-bond acceptors (Lipinski definition) is 7. The SMILES string of the molecule is N[C@@H](CSCc1nc(-c2ccsc2)no1)C(=O)O. The number of thioether (sulfide) groups is 1. The van der Waals surface area contributed by atoms with Crippen LogP contribution in [0.1, 0.15) is 5.89 Å². The maximum atomic E-state index is 10.5. The lowest BCUT2D eigenvalue weighted by atomic mass is 10.3. The van der Waals surface area contributed by atoms with E-state index in [0.717, 1.165) is 5.56 Å². The highest BCUT2D eigenvalue weighted by Crippen LogP contribution is 2.20. The van der Waals surface area contributed by atoms with Gasteiger partial charge in [-0.05, 0) is 11.4 Å². The zero-order chi connectivity index (χ0) is 13.0. The molecule has 0 bridgehead atoms. The zero-order valence-electron chi connectivity index (χ0n) is 9.28. The number of carboxylic acid groups (broad SMARTS) is 1. The van der Waals surface area contributed by atoms with Crippen molar-refractivity contribution in [3.05, 3.63) is 22.7 Å². The van der Waals surface area contributed by atoms with Crippen molar-refractivity contribution in [3.63, 3.8) is 0 Å². The summed E-state index contributed by atoms with van der Waals surface area (Å²) in [7, 11) is 0. The Labute approximate surface area is 111 Å². The van der Waals surface area contributed by atoms with E-state index in [2.05, 4.69) is 10.1 Å². The fourth-order valence-electron chi connectivity index (χ4n) is 1.17. The maximum Gasteiger partial charge on any atom is 0.321 e. The maximum absolute atomic E-state index is 10.5. The van der Waals surface area contributed by atoms with Crippen molar-refractivity contribution in [3.8, 4) is 11.4 Å². The predicted octanol–water partition coefficient (Wildman–Crippen LogP) is 1.44. The van der Waals surface area contributed by atoms with Gasteiger partial charge in [-0.25, -0.2) is 0 Å². The fourth-order valence-corrected chi connectivity index (χ4v) is 2.61. The molecule has 2 heterocycles. The van der Waals surface area contributed by atoms with Gasteiger partial charge in [0.05, 0.1) is 5.75 Å². The smallest absolute Gasteiger partial charge is 0.321 e. The molecule has 3 N–H and O–H groups in total. The standard InChI is InChI=1S/C10H11N3O3S2/c11-7(10(14)15)4-18-5-8-12-9(13-16-8)6-1-2-17-3-6/h1-3,7H,4-5,11H2,(H,14,15)/t7-/m0/s1. The highest BCUT2D eigenvalue weighted by Gasteiger charge is 2.13. The van der Waals surface area contributed by atoms with Gasteiger partial charge in [0.1, 0.15) is 6.04 Å². The van der Waals surface area contributed by atoms with Crippen LogP contribution < -0.4 is 5.73 Å². The molecule has 0 aliphatic rings. The number of thiophene rings is 1. The van der Waals surface area contributed by atoms with Crippen molar-refractivity contribution in [1.82, 2.24) is 10.1 Å². The van der Waals surface area contributed by atoms with Gasteiger partial charge in [0, 0.05) is 16.7 Å². The van der Waals surface area contributed by atoms with Crippen LogP contribution in [0.15, 0.2) is 21.3 Å². The van der Waals surface area contributed by atoms with E-state index in [1.807, 2.05) is 16.8 Å². The molecule has 0 fully saturated rings. The number of nitrogens with two attached hydrogens (primary N) is 1. The van der Waals surface area contributed by atoms with Crippen molar-refractivity contribution >= 4 is 29.1 Å². The summed E-state index contributed by atoms with van der Waals surface area (Å²) >= 11 is 2.91. The lowest BCUT2D eigenvalue weighted by Crippen LogP contribution is -2.32. The van der Waals surface area contributed by atoms with Crippen molar-refractivity contribution in [2.24, 2.45) is 5.73 Å². The third kappa shape index (κ3) is 3.31. The molecule has 0 radical (unpaired) electrons. The van der Waals surface area contributed by atoms with Crippen LogP contribution in [0.5, 0.6) is 0 Å². The number of aromatic nitrogens is 2. The van der Waals surface area contributed by atoms with Crippen LogP contribution in [0.2, 0.25) is 0 Å². The molecule has 2 rings (SSSR count). The average molecular weight is 285 g/mol. The highest BCUT2D eigenvalue weighted by molar-refractivity contribution is 7.98. The number of carbonyl (C=O) groups is 1. The van der Waals surface area contributed by atoms with Crippen molar-refractivity contribution < 1.29 is 14.4 Å². The van der Waals surface area contributed by atoms with E-state index < -0.39 is 12.0 Å². The van der Waals surface area contributed by atoms with Gasteiger partial charge in [-0.15, -0.1) is 11.8 Å². The Hall–Kier alpha value is -1.38. The number of rotatable bonds is 6. The predicted molar refractivity (Wildman–Crippen MR) is 69.4 cm³/mol. The molecule has 0 saturated heterocycles. The van der Waals surface area contributed by atoms with E-state index in [1.165, 1.54) is 11.8 Å². The molecule has 6 nitrogen and oxygen atoms in total. The Morgan fingerprint density at radius 3 is 3.17 bits per heavy atom. The van der Waals surface area contributed by atoms with Gasteiger partial charge >= 0.3 is 5.97 Å². The Morgan fingerprint density at radius 1 is 1.67 bits per heavy atom. The summed E-state index contributed by atoms with van der Waals surface area (Å²) in [5.74, 6) is 0.782. The van der Waals surface area contributed by atoms with Gasteiger partial charge in [0.2, 0.25) is 11.7 Å². The number of hydrogen-bond donors (Lipinski definition) is 2. The molecule has 1 atom stereocenters. The molecule has 18 heavy (non-hydrogen) atoms. The minimum Gasteiger partial charge on any atom is -0.480 e. The molecule has 0 saturated carbocycles. The second-order valence-corrected chi connectivity index (χ2v) is 5.29. The van der Waals surface area contributed by atoms with Crippen LogP contribution in [0.3, 0.4) is 0 Å². The number of carboxylic acids is 1. The third-order valence-electron chi connectivity index (χ3n) is 2.09. The van der Waals surface area contributed by atoms with Crippen LogP contribution >= 0.6 is 23.1 Å². The minimum atomic E-state index is -1.01. The Balaban J connectivity index is 1.86. The zero-order valence-corrected chi connectivity index (χ0v) is 10.9. The van der Waals surface area contributed by atoms with Gasteiger partial charge in [-0.2, -0.15) is 16.3 Å². The van der Waals surface area contributed by atoms with Gasteiger partial charge < -0.3 is 15.4 Å². The molecule has 2 aromatic rings. The minimum absolute atomic E-state index is 0.311. The van der Waals surface area contributed by atoms with Crippen LogP contribution in [-0.4, -0.2) is 33.0 Å². The molecule has 0 amide bonds. The number of aliphatic carboxylic acids is 1. The second kappa shape index (κ2) is 5.98. The lowest BCUT2D eigenvalue weighted by molar-refractivity contribution is -0.137. The van der Waals surface area contributed by atoms with E-state index >= 15 is 0 Å². The first-order chi connectivity index (χ1) is 8.66. The molecular formula is C10H11N3O3S2. The topological polar surface area (TPSA) is 102 Å². The van der Waals surface area contributed by atoms with Gasteiger partial charge in [-0.1, -0.05) is 5.16 Å². The molecule has 0 unspecified atom stereocenters. The van der Waals surface area contributed by atoms with E-state index in [4.69, 9.17) is 15.4 Å². The van der Waals surface area contributed by atoms with Crippen LogP contribution in [0.4, 0.5) is 0 Å². The Bertz CT molecular complexity index is 512. The second-order valence-electron chi connectivity index (χ2n) is 3.48. The molecule has 0 aliphatic carbocycles. The van der Waals surface area contributed by atoms with Crippen LogP contribution in [0, 0.1) is 0 Å². The van der Waals surface area contributed by atoms with Crippen molar-refractivity contribution in [2.45, 2.75) is 11.8 Å². The highest BCUT2D eigenvalue weighted by atomic mass is 32.2. The average Bonchev–Trinajstić information content (AvgIpc) is 2.98. The van der Waals surface area contributed by atoms with Crippen molar-refractivity contribution in [1.29, 1.82) is 0 Å². The molecule has 0 aliphatic heterocycles. The van der Waals surface area contributed by atoms with Gasteiger partial charge in [0.15, 0.2) is 0 Å². The van der Waals surface area contributed by atoms with E-state index in [9.17, 15) is 4.79 Å². The Kier molecular flexibility index (Phi) is 4.34. The summed E-state index contributed by atoms with van der Waals surface area (Å²) in [5.41, 5.74) is 6.30. The summed E-state index contributed by atoms with van der Waals surface area (Å²) < 4.78 is 5.07. The first-order valence-corrected chi connectivity index (χ1v) is 7.18. The summed E-state index contributed by atoms with van der Waals surface area (Å²) in [6.45, 7) is 0. The first-order valence-electron chi connectivity index (χ1n) is 5.08. The van der Waals surface area contributed by atoms with Crippen LogP contribution in [0.25, 0.3) is 11.4 Å². The molecule has 0 aromatic carbocycles. The molecule has 8 heteroatoms. The first kappa shape index (κ1) is 13.1. The van der Waals surface area contributed by atoms with Crippen molar-refractivity contribution in [2.75, 3.05) is 5.75 Å². The fraction of sp³-hybridized carbons (Fsp3) is 0.300. The van der Waals surface area contributed by atoms with Gasteiger partial charge in [-0.3, -0.25) is 4.79 Å². The monoisotopic (exact) mass is 285 g/mol. The third-order valence-corrected chi connectivity index (χ3v) is 3.82. The molecular weight excluding hydrogens is 274 g/mol. The summed E-state index contributed by atoms with van der Waals surface area (Å²) in [6.07, 6.45) is 0. The number of nitrogens with zero attached hydrogens (tertiary/aromatic N) is 2. The van der Waals surface area contributed by atoms with Gasteiger partial charge in [0.25, 0.3) is 0 Å². The van der Waals surface area contributed by atoms with E-state index in [0.29, 0.717) is 23.2 Å². The summed E-state index contributed by atoms with van der Waals surface area (Å²) in [5, 5.41) is 16.3.